The Kier molecular flexibility index (Phi) is 4.23. The second-order valence-electron chi connectivity index (χ2n) is 2.80. The number of nitrogens with one attached hydrogen (secondary N) is 1. The molecule has 1 rings (SSSR count). The van der Waals surface area contributed by atoms with Gasteiger partial charge in [-0.2, -0.15) is 0 Å². The van der Waals surface area contributed by atoms with Gasteiger partial charge in [0.15, 0.2) is 0 Å². The minimum absolute atomic E-state index is 0.0902. The van der Waals surface area contributed by atoms with E-state index < -0.39 is 12.0 Å². The molecule has 1 aromatic heterocycles. The molecule has 2 N–H and O–H groups in total. The van der Waals surface area contributed by atoms with Crippen LogP contribution in [-0.2, 0) is 9.59 Å². The molecule has 0 aliphatic rings. The van der Waals surface area contributed by atoms with Gasteiger partial charge in [0.25, 0.3) is 0 Å². The number of carbonyl (C=O) groups is 2. The molecule has 0 aliphatic carbocycles. The van der Waals surface area contributed by atoms with Crippen molar-refractivity contribution in [1.82, 2.24) is 4.98 Å². The number of hydrogen-bond acceptors (Lipinski definition) is 4. The first-order valence-corrected chi connectivity index (χ1v) is 4.97. The number of aromatic nitrogens is 1. The first-order chi connectivity index (χ1) is 7.13. The van der Waals surface area contributed by atoms with Gasteiger partial charge in [-0.15, -0.1) is 0 Å². The number of nitrogens with zero attached hydrogens (tertiary/aromatic N) is 1. The fourth-order valence-electron chi connectivity index (χ4n) is 0.957. The summed E-state index contributed by atoms with van der Waals surface area (Å²) in [4.78, 5) is 24.9. The molecule has 0 amide bonds. The normalized spacial score (nSPS) is 11.8. The zero-order chi connectivity index (χ0) is 11.3. The molecule has 80 valence electrons. The van der Waals surface area contributed by atoms with E-state index in [9.17, 15) is 9.59 Å². The predicted molar refractivity (Wildman–Crippen MR) is 57.7 cm³/mol. The van der Waals surface area contributed by atoms with Crippen LogP contribution in [0.3, 0.4) is 0 Å². The van der Waals surface area contributed by atoms with Gasteiger partial charge in [0.2, 0.25) is 0 Å². The van der Waals surface area contributed by atoms with E-state index in [1.807, 2.05) is 0 Å². The maximum atomic E-state index is 10.7. The van der Waals surface area contributed by atoms with Crippen LogP contribution in [0.5, 0.6) is 0 Å². The van der Waals surface area contributed by atoms with Crippen LogP contribution >= 0.6 is 15.9 Å². The van der Waals surface area contributed by atoms with Crippen LogP contribution in [-0.4, -0.2) is 28.4 Å². The molecule has 0 bridgehead atoms. The Labute approximate surface area is 94.6 Å². The molecule has 1 aromatic rings. The molecule has 0 fully saturated rings. The van der Waals surface area contributed by atoms with Crippen molar-refractivity contribution < 1.29 is 14.7 Å². The Hall–Kier alpha value is -1.43. The first kappa shape index (κ1) is 11.6. The lowest BCUT2D eigenvalue weighted by atomic mass is 10.2. The zero-order valence-electron chi connectivity index (χ0n) is 7.68. The zero-order valence-corrected chi connectivity index (χ0v) is 9.27. The lowest BCUT2D eigenvalue weighted by molar-refractivity contribution is -0.138. The highest BCUT2D eigenvalue weighted by Gasteiger charge is 2.16. The van der Waals surface area contributed by atoms with Gasteiger partial charge in [-0.1, -0.05) is 0 Å². The van der Waals surface area contributed by atoms with Gasteiger partial charge in [-0.05, 0) is 28.1 Å². The third-order valence-corrected chi connectivity index (χ3v) is 2.15. The van der Waals surface area contributed by atoms with Crippen LogP contribution in [0.15, 0.2) is 22.8 Å². The molecule has 1 heterocycles. The van der Waals surface area contributed by atoms with Crippen molar-refractivity contribution in [3.8, 4) is 0 Å². The van der Waals surface area contributed by atoms with E-state index in [0.29, 0.717) is 12.1 Å². The quantitative estimate of drug-likeness (QED) is 0.790. The highest BCUT2D eigenvalue weighted by molar-refractivity contribution is 9.10. The molecule has 0 saturated carbocycles. The van der Waals surface area contributed by atoms with E-state index in [1.54, 1.807) is 18.3 Å². The Balaban J connectivity index is 2.69. The van der Waals surface area contributed by atoms with Gasteiger partial charge in [-0.25, -0.2) is 9.78 Å². The summed E-state index contributed by atoms with van der Waals surface area (Å²) in [6.07, 6.45) is 2.01. The molecule has 1 unspecified atom stereocenters. The number of hydrogen-bond donors (Lipinski definition) is 2. The first-order valence-electron chi connectivity index (χ1n) is 4.18. The average Bonchev–Trinajstić information content (AvgIpc) is 2.20. The molecular weight excluding hydrogens is 264 g/mol. The molecule has 0 saturated heterocycles. The fourth-order valence-corrected chi connectivity index (χ4v) is 1.19. The van der Waals surface area contributed by atoms with Crippen molar-refractivity contribution in [2.45, 2.75) is 12.5 Å². The monoisotopic (exact) mass is 272 g/mol. The summed E-state index contributed by atoms with van der Waals surface area (Å²) < 4.78 is 0.801. The smallest absolute Gasteiger partial charge is 0.326 e. The van der Waals surface area contributed by atoms with E-state index in [2.05, 4.69) is 26.2 Å². The van der Waals surface area contributed by atoms with E-state index in [4.69, 9.17) is 5.11 Å². The van der Waals surface area contributed by atoms with Crippen LogP contribution in [0, 0.1) is 0 Å². The number of carboxylic acids is 1. The summed E-state index contributed by atoms with van der Waals surface area (Å²) in [5, 5.41) is 11.4. The molecule has 1 atom stereocenters. The van der Waals surface area contributed by atoms with E-state index in [0.717, 1.165) is 4.47 Å². The van der Waals surface area contributed by atoms with Crippen LogP contribution in [0.1, 0.15) is 6.42 Å². The molecule has 0 aromatic carbocycles. The largest absolute Gasteiger partial charge is 0.480 e. The predicted octanol–water partition coefficient (Wildman–Crippen LogP) is 1.30. The topological polar surface area (TPSA) is 79.3 Å². The third-order valence-electron chi connectivity index (χ3n) is 1.68. The van der Waals surface area contributed by atoms with Gasteiger partial charge in [0.1, 0.15) is 18.1 Å². The van der Waals surface area contributed by atoms with Crippen molar-refractivity contribution in [3.05, 3.63) is 22.8 Å². The van der Waals surface area contributed by atoms with E-state index in [1.165, 1.54) is 0 Å². The van der Waals surface area contributed by atoms with Crippen molar-refractivity contribution in [2.24, 2.45) is 0 Å². The third kappa shape index (κ3) is 3.67. The SMILES string of the molecule is O=CCC(Nc1ccc(Br)cn1)C(=O)O. The maximum absolute atomic E-state index is 10.7. The summed E-state index contributed by atoms with van der Waals surface area (Å²) in [5.74, 6) is -0.653. The summed E-state index contributed by atoms with van der Waals surface area (Å²) >= 11 is 3.21. The van der Waals surface area contributed by atoms with Gasteiger partial charge in [-0.3, -0.25) is 0 Å². The summed E-state index contributed by atoms with van der Waals surface area (Å²) in [7, 11) is 0. The maximum Gasteiger partial charge on any atom is 0.326 e. The number of halogens is 1. The highest BCUT2D eigenvalue weighted by atomic mass is 79.9. The molecule has 6 heteroatoms. The number of carboxylic acid groups (broad SMARTS) is 1. The second-order valence-corrected chi connectivity index (χ2v) is 3.71. The number of aldehydes is 1. The van der Waals surface area contributed by atoms with Crippen LogP contribution in [0.2, 0.25) is 0 Å². The Morgan fingerprint density at radius 1 is 1.67 bits per heavy atom. The van der Waals surface area contributed by atoms with Gasteiger partial charge in [0.05, 0.1) is 0 Å². The summed E-state index contributed by atoms with van der Waals surface area (Å²) in [6, 6.07) is 2.43. The summed E-state index contributed by atoms with van der Waals surface area (Å²) in [5.41, 5.74) is 0. The lowest BCUT2D eigenvalue weighted by Crippen LogP contribution is -2.29. The molecule has 0 spiro atoms. The number of anilines is 1. The Bertz CT molecular complexity index is 353. The van der Waals surface area contributed by atoms with Crippen LogP contribution < -0.4 is 5.32 Å². The van der Waals surface area contributed by atoms with E-state index in [-0.39, 0.29) is 6.42 Å². The van der Waals surface area contributed by atoms with Crippen molar-refractivity contribution >= 4 is 34.0 Å². The average molecular weight is 273 g/mol. The number of aliphatic carboxylic acids is 1. The number of rotatable bonds is 5. The van der Waals surface area contributed by atoms with Crippen molar-refractivity contribution in [2.75, 3.05) is 5.32 Å². The van der Waals surface area contributed by atoms with Crippen LogP contribution in [0.4, 0.5) is 5.82 Å². The highest BCUT2D eigenvalue weighted by Crippen LogP contribution is 2.11. The minimum Gasteiger partial charge on any atom is -0.480 e. The van der Waals surface area contributed by atoms with E-state index >= 15 is 0 Å². The Morgan fingerprint density at radius 2 is 2.40 bits per heavy atom. The van der Waals surface area contributed by atoms with Crippen molar-refractivity contribution in [1.29, 1.82) is 0 Å². The van der Waals surface area contributed by atoms with Gasteiger partial charge >= 0.3 is 5.97 Å². The standard InChI is InChI=1S/C9H9BrN2O3/c10-6-1-2-8(11-5-6)12-7(3-4-13)9(14)15/h1-2,4-5,7H,3H2,(H,11,12)(H,14,15). The molecular formula is C9H9BrN2O3. The second kappa shape index (κ2) is 5.45. The molecule has 0 aliphatic heterocycles. The van der Waals surface area contributed by atoms with Crippen molar-refractivity contribution in [3.63, 3.8) is 0 Å². The summed E-state index contributed by atoms with van der Waals surface area (Å²) in [6.45, 7) is 0. The molecule has 15 heavy (non-hydrogen) atoms. The minimum atomic E-state index is -1.08. The van der Waals surface area contributed by atoms with Crippen LogP contribution in [0.25, 0.3) is 0 Å². The molecule has 0 radical (unpaired) electrons. The Morgan fingerprint density at radius 3 is 2.87 bits per heavy atom. The van der Waals surface area contributed by atoms with Gasteiger partial charge in [0, 0.05) is 17.1 Å². The lowest BCUT2D eigenvalue weighted by Gasteiger charge is -2.11. The van der Waals surface area contributed by atoms with Gasteiger partial charge < -0.3 is 15.2 Å². The fraction of sp³-hybridized carbons (Fsp3) is 0.222. The number of pyridine rings is 1. The molecule has 5 nitrogen and oxygen atoms in total. The number of carbonyl (C=O) groups excluding carboxylic acids is 1.